The van der Waals surface area contributed by atoms with Crippen molar-refractivity contribution < 1.29 is 9.53 Å². The van der Waals surface area contributed by atoms with E-state index in [4.69, 9.17) is 16.3 Å². The van der Waals surface area contributed by atoms with Gasteiger partial charge in [-0.25, -0.2) is 0 Å². The van der Waals surface area contributed by atoms with Gasteiger partial charge in [-0.3, -0.25) is 9.69 Å². The number of hydrogen-bond donors (Lipinski definition) is 1. The number of amides is 1. The second-order valence-corrected chi connectivity index (χ2v) is 7.12. The number of rotatable bonds is 5. The molecule has 1 saturated heterocycles. The van der Waals surface area contributed by atoms with Crippen LogP contribution in [0.15, 0.2) is 22.7 Å². The molecule has 22 heavy (non-hydrogen) atoms. The Morgan fingerprint density at radius 3 is 2.73 bits per heavy atom. The number of nitrogens with one attached hydrogen (secondary N) is 1. The first kappa shape index (κ1) is 17.7. The summed E-state index contributed by atoms with van der Waals surface area (Å²) in [6.07, 6.45) is 0. The molecule has 1 N–H and O–H groups in total. The molecule has 1 aliphatic rings. The van der Waals surface area contributed by atoms with Gasteiger partial charge in [-0.05, 0) is 24.1 Å². The lowest BCUT2D eigenvalue weighted by atomic mass is 10.0. The van der Waals surface area contributed by atoms with Gasteiger partial charge in [0.15, 0.2) is 0 Å². The monoisotopic (exact) mass is 388 g/mol. The first-order valence-electron chi connectivity index (χ1n) is 7.54. The minimum atomic E-state index is -0.134. The standard InChI is InChI=1S/C16H22BrClN2O2/c1-11(2)15(20-5-7-22-8-6-20)10-19-16(21)13-9-12(17)3-4-14(13)18/h3-4,9,11,15H,5-8,10H2,1-2H3,(H,19,21). The zero-order chi connectivity index (χ0) is 16.1. The lowest BCUT2D eigenvalue weighted by molar-refractivity contribution is 0.00673. The Balaban J connectivity index is 1.99. The van der Waals surface area contributed by atoms with Crippen LogP contribution in [-0.4, -0.2) is 49.7 Å². The van der Waals surface area contributed by atoms with E-state index in [9.17, 15) is 4.79 Å². The number of morpholine rings is 1. The summed E-state index contributed by atoms with van der Waals surface area (Å²) in [5, 5.41) is 3.48. The van der Waals surface area contributed by atoms with E-state index in [1.165, 1.54) is 0 Å². The van der Waals surface area contributed by atoms with E-state index in [1.807, 2.05) is 6.07 Å². The van der Waals surface area contributed by atoms with Gasteiger partial charge < -0.3 is 10.1 Å². The van der Waals surface area contributed by atoms with Crippen molar-refractivity contribution >= 4 is 33.4 Å². The molecule has 0 aromatic heterocycles. The zero-order valence-electron chi connectivity index (χ0n) is 12.9. The highest BCUT2D eigenvalue weighted by Crippen LogP contribution is 2.21. The maximum atomic E-state index is 12.4. The van der Waals surface area contributed by atoms with Crippen molar-refractivity contribution in [2.75, 3.05) is 32.8 Å². The SMILES string of the molecule is CC(C)C(CNC(=O)c1cc(Br)ccc1Cl)N1CCOCC1. The van der Waals surface area contributed by atoms with Crippen molar-refractivity contribution in [1.29, 1.82) is 0 Å². The molecule has 1 fully saturated rings. The minimum absolute atomic E-state index is 0.134. The Bertz CT molecular complexity index is 519. The highest BCUT2D eigenvalue weighted by Gasteiger charge is 2.24. The minimum Gasteiger partial charge on any atom is -0.379 e. The van der Waals surface area contributed by atoms with Gasteiger partial charge in [0.1, 0.15) is 0 Å². The molecule has 2 rings (SSSR count). The summed E-state index contributed by atoms with van der Waals surface area (Å²) in [5.74, 6) is 0.321. The molecule has 0 aliphatic carbocycles. The molecule has 1 heterocycles. The van der Waals surface area contributed by atoms with E-state index in [0.29, 0.717) is 29.1 Å². The largest absolute Gasteiger partial charge is 0.379 e. The van der Waals surface area contributed by atoms with Gasteiger partial charge in [0.25, 0.3) is 5.91 Å². The van der Waals surface area contributed by atoms with E-state index in [2.05, 4.69) is 40.0 Å². The van der Waals surface area contributed by atoms with Gasteiger partial charge in [0, 0.05) is 30.1 Å². The third kappa shape index (κ3) is 4.69. The van der Waals surface area contributed by atoms with E-state index in [1.54, 1.807) is 12.1 Å². The Labute approximate surface area is 145 Å². The number of ether oxygens (including phenoxy) is 1. The van der Waals surface area contributed by atoms with Gasteiger partial charge in [0.2, 0.25) is 0 Å². The molecular weight excluding hydrogens is 368 g/mol. The Hall–Kier alpha value is -0.620. The molecule has 1 aromatic carbocycles. The molecule has 1 atom stereocenters. The molecule has 0 spiro atoms. The Kier molecular flexibility index (Phi) is 6.68. The fraction of sp³-hybridized carbons (Fsp3) is 0.562. The van der Waals surface area contributed by atoms with Crippen LogP contribution in [0.1, 0.15) is 24.2 Å². The number of carbonyl (C=O) groups excluding carboxylic acids is 1. The van der Waals surface area contributed by atoms with E-state index in [-0.39, 0.29) is 5.91 Å². The molecule has 1 aromatic rings. The van der Waals surface area contributed by atoms with Gasteiger partial charge in [-0.2, -0.15) is 0 Å². The fourth-order valence-corrected chi connectivity index (χ4v) is 3.22. The van der Waals surface area contributed by atoms with E-state index in [0.717, 1.165) is 30.8 Å². The van der Waals surface area contributed by atoms with Crippen molar-refractivity contribution in [2.24, 2.45) is 5.92 Å². The number of carbonyl (C=O) groups is 1. The first-order chi connectivity index (χ1) is 10.5. The molecule has 1 amide bonds. The van der Waals surface area contributed by atoms with E-state index >= 15 is 0 Å². The summed E-state index contributed by atoms with van der Waals surface area (Å²) >= 11 is 9.48. The van der Waals surface area contributed by atoms with Gasteiger partial charge in [0.05, 0.1) is 23.8 Å². The van der Waals surface area contributed by atoms with Crippen LogP contribution >= 0.6 is 27.5 Å². The summed E-state index contributed by atoms with van der Waals surface area (Å²) in [6.45, 7) is 8.31. The molecular formula is C16H22BrClN2O2. The van der Waals surface area contributed by atoms with Gasteiger partial charge >= 0.3 is 0 Å². The number of nitrogens with zero attached hydrogens (tertiary/aromatic N) is 1. The van der Waals surface area contributed by atoms with Crippen LogP contribution in [0, 0.1) is 5.92 Å². The van der Waals surface area contributed by atoms with Crippen molar-refractivity contribution in [2.45, 2.75) is 19.9 Å². The number of benzene rings is 1. The predicted molar refractivity (Wildman–Crippen MR) is 92.5 cm³/mol. The van der Waals surface area contributed by atoms with Crippen molar-refractivity contribution in [1.82, 2.24) is 10.2 Å². The van der Waals surface area contributed by atoms with E-state index < -0.39 is 0 Å². The molecule has 0 radical (unpaired) electrons. The molecule has 1 aliphatic heterocycles. The maximum absolute atomic E-state index is 12.4. The third-order valence-electron chi connectivity index (χ3n) is 3.93. The third-order valence-corrected chi connectivity index (χ3v) is 4.75. The smallest absolute Gasteiger partial charge is 0.252 e. The van der Waals surface area contributed by atoms with Crippen molar-refractivity contribution in [3.63, 3.8) is 0 Å². The summed E-state index contributed by atoms with van der Waals surface area (Å²) in [6, 6.07) is 5.60. The molecule has 0 bridgehead atoms. The molecule has 1 unspecified atom stereocenters. The molecule has 6 heteroatoms. The maximum Gasteiger partial charge on any atom is 0.252 e. The zero-order valence-corrected chi connectivity index (χ0v) is 15.3. The van der Waals surface area contributed by atoms with Crippen LogP contribution in [0.5, 0.6) is 0 Å². The number of hydrogen-bond acceptors (Lipinski definition) is 3. The average Bonchev–Trinajstić information content (AvgIpc) is 2.50. The first-order valence-corrected chi connectivity index (χ1v) is 8.71. The second-order valence-electron chi connectivity index (χ2n) is 5.79. The van der Waals surface area contributed by atoms with Gasteiger partial charge in [-0.15, -0.1) is 0 Å². The Morgan fingerprint density at radius 1 is 1.41 bits per heavy atom. The topological polar surface area (TPSA) is 41.6 Å². The quantitative estimate of drug-likeness (QED) is 0.841. The molecule has 4 nitrogen and oxygen atoms in total. The predicted octanol–water partition coefficient (Wildman–Crippen LogP) is 3.19. The normalized spacial score (nSPS) is 17.5. The molecule has 122 valence electrons. The number of halogens is 2. The van der Waals surface area contributed by atoms with Crippen molar-refractivity contribution in [3.8, 4) is 0 Å². The lowest BCUT2D eigenvalue weighted by Gasteiger charge is -2.36. The summed E-state index contributed by atoms with van der Waals surface area (Å²) in [7, 11) is 0. The van der Waals surface area contributed by atoms with Crippen LogP contribution in [0.3, 0.4) is 0 Å². The van der Waals surface area contributed by atoms with Crippen LogP contribution in [0.4, 0.5) is 0 Å². The van der Waals surface area contributed by atoms with Crippen LogP contribution in [-0.2, 0) is 4.74 Å². The average molecular weight is 390 g/mol. The van der Waals surface area contributed by atoms with Crippen LogP contribution in [0.25, 0.3) is 0 Å². The van der Waals surface area contributed by atoms with Crippen molar-refractivity contribution in [3.05, 3.63) is 33.3 Å². The van der Waals surface area contributed by atoms with Crippen LogP contribution in [0.2, 0.25) is 5.02 Å². The fourth-order valence-electron chi connectivity index (χ4n) is 2.66. The molecule has 0 saturated carbocycles. The summed E-state index contributed by atoms with van der Waals surface area (Å²) in [5.41, 5.74) is 0.500. The summed E-state index contributed by atoms with van der Waals surface area (Å²) < 4.78 is 6.24. The highest BCUT2D eigenvalue weighted by molar-refractivity contribution is 9.10. The Morgan fingerprint density at radius 2 is 2.09 bits per heavy atom. The highest BCUT2D eigenvalue weighted by atomic mass is 79.9. The second kappa shape index (κ2) is 8.29. The lowest BCUT2D eigenvalue weighted by Crippen LogP contribution is -2.51. The summed E-state index contributed by atoms with van der Waals surface area (Å²) in [4.78, 5) is 14.8. The van der Waals surface area contributed by atoms with Crippen LogP contribution < -0.4 is 5.32 Å². The van der Waals surface area contributed by atoms with Gasteiger partial charge in [-0.1, -0.05) is 41.4 Å².